The summed E-state index contributed by atoms with van der Waals surface area (Å²) in [5, 5.41) is 7.47. The third-order valence-corrected chi connectivity index (χ3v) is 5.39. The van der Waals surface area contributed by atoms with Crippen LogP contribution in [0.2, 0.25) is 5.02 Å². The Bertz CT molecular complexity index is 563. The van der Waals surface area contributed by atoms with Gasteiger partial charge >= 0.3 is 0 Å². The van der Waals surface area contributed by atoms with Gasteiger partial charge in [-0.2, -0.15) is 5.10 Å². The molecule has 0 aliphatic rings. The first-order chi connectivity index (χ1) is 9.56. The highest BCUT2D eigenvalue weighted by Gasteiger charge is 2.18. The number of aryl methyl sites for hydroxylation is 1. The van der Waals surface area contributed by atoms with Gasteiger partial charge < -0.3 is 0 Å². The van der Waals surface area contributed by atoms with Gasteiger partial charge in [-0.05, 0) is 37.3 Å². The summed E-state index contributed by atoms with van der Waals surface area (Å²) >= 11 is 7.95. The predicted molar refractivity (Wildman–Crippen MR) is 85.1 cm³/mol. The standard InChI is InChI=1S/C14H21ClN4S/c1-4-10(3)19-6-5-11(18-19)7-12(17-16)14-13(15)9(2)8-20-14/h5-6,8,10,12,17H,4,7,16H2,1-3H3. The van der Waals surface area contributed by atoms with Gasteiger partial charge in [-0.15, -0.1) is 11.3 Å². The van der Waals surface area contributed by atoms with E-state index in [9.17, 15) is 0 Å². The third kappa shape index (κ3) is 3.23. The molecule has 6 heteroatoms. The Labute approximate surface area is 128 Å². The van der Waals surface area contributed by atoms with Crippen molar-refractivity contribution in [3.05, 3.63) is 38.8 Å². The average Bonchev–Trinajstić information content (AvgIpc) is 3.04. The van der Waals surface area contributed by atoms with E-state index in [0.29, 0.717) is 6.04 Å². The van der Waals surface area contributed by atoms with Crippen LogP contribution in [-0.2, 0) is 6.42 Å². The largest absolute Gasteiger partial charge is 0.271 e. The van der Waals surface area contributed by atoms with Crippen molar-refractivity contribution in [1.29, 1.82) is 0 Å². The number of hydrogen-bond donors (Lipinski definition) is 2. The van der Waals surface area contributed by atoms with Gasteiger partial charge in [0, 0.05) is 23.5 Å². The van der Waals surface area contributed by atoms with Crippen LogP contribution in [0.15, 0.2) is 17.6 Å². The Morgan fingerprint density at radius 2 is 2.30 bits per heavy atom. The molecule has 0 amide bonds. The van der Waals surface area contributed by atoms with Crippen molar-refractivity contribution in [3.8, 4) is 0 Å². The number of halogens is 1. The minimum atomic E-state index is 0.00137. The summed E-state index contributed by atoms with van der Waals surface area (Å²) < 4.78 is 2.00. The van der Waals surface area contributed by atoms with Crippen molar-refractivity contribution in [1.82, 2.24) is 15.2 Å². The number of hydrogen-bond acceptors (Lipinski definition) is 4. The zero-order chi connectivity index (χ0) is 14.7. The number of rotatable bonds is 6. The monoisotopic (exact) mass is 312 g/mol. The minimum absolute atomic E-state index is 0.00137. The number of nitrogens with two attached hydrogens (primary N) is 1. The Balaban J connectivity index is 2.14. The molecule has 0 saturated heterocycles. The minimum Gasteiger partial charge on any atom is -0.271 e. The second-order valence-corrected chi connectivity index (χ2v) is 6.35. The van der Waals surface area contributed by atoms with E-state index in [2.05, 4.69) is 29.8 Å². The van der Waals surface area contributed by atoms with E-state index >= 15 is 0 Å². The van der Waals surface area contributed by atoms with Gasteiger partial charge in [0.1, 0.15) is 0 Å². The molecule has 20 heavy (non-hydrogen) atoms. The topological polar surface area (TPSA) is 55.9 Å². The lowest BCUT2D eigenvalue weighted by atomic mass is 10.1. The summed E-state index contributed by atoms with van der Waals surface area (Å²) in [6.07, 6.45) is 3.83. The van der Waals surface area contributed by atoms with Gasteiger partial charge in [-0.1, -0.05) is 18.5 Å². The Morgan fingerprint density at radius 3 is 2.85 bits per heavy atom. The van der Waals surface area contributed by atoms with Crippen LogP contribution < -0.4 is 11.3 Å². The van der Waals surface area contributed by atoms with E-state index in [1.54, 1.807) is 11.3 Å². The molecule has 0 aromatic carbocycles. The normalized spacial score (nSPS) is 14.4. The molecule has 110 valence electrons. The van der Waals surface area contributed by atoms with Crippen LogP contribution in [-0.4, -0.2) is 9.78 Å². The summed E-state index contributed by atoms with van der Waals surface area (Å²) in [7, 11) is 0. The van der Waals surface area contributed by atoms with Gasteiger partial charge in [0.15, 0.2) is 0 Å². The highest BCUT2D eigenvalue weighted by atomic mass is 35.5. The van der Waals surface area contributed by atoms with E-state index < -0.39 is 0 Å². The summed E-state index contributed by atoms with van der Waals surface area (Å²) in [5.41, 5.74) is 4.97. The zero-order valence-electron chi connectivity index (χ0n) is 12.1. The molecule has 0 bridgehead atoms. The van der Waals surface area contributed by atoms with Crippen LogP contribution in [0.4, 0.5) is 0 Å². The number of nitrogens with zero attached hydrogens (tertiary/aromatic N) is 2. The maximum atomic E-state index is 6.32. The summed E-state index contributed by atoms with van der Waals surface area (Å²) in [6, 6.07) is 2.47. The fourth-order valence-electron chi connectivity index (χ4n) is 2.04. The first kappa shape index (κ1) is 15.5. The smallest absolute Gasteiger partial charge is 0.0644 e. The first-order valence-corrected chi connectivity index (χ1v) is 8.06. The molecule has 0 aliphatic carbocycles. The van der Waals surface area contributed by atoms with Crippen molar-refractivity contribution in [3.63, 3.8) is 0 Å². The number of nitrogens with one attached hydrogen (secondary N) is 1. The van der Waals surface area contributed by atoms with Crippen LogP contribution in [0, 0.1) is 6.92 Å². The lowest BCUT2D eigenvalue weighted by Gasteiger charge is -2.14. The molecule has 2 atom stereocenters. The zero-order valence-corrected chi connectivity index (χ0v) is 13.6. The molecule has 4 nitrogen and oxygen atoms in total. The Hall–Kier alpha value is -0.880. The van der Waals surface area contributed by atoms with Gasteiger partial charge in [-0.3, -0.25) is 16.0 Å². The molecular weight excluding hydrogens is 292 g/mol. The molecule has 2 aromatic heterocycles. The van der Waals surface area contributed by atoms with Crippen LogP contribution in [0.3, 0.4) is 0 Å². The summed E-state index contributed by atoms with van der Waals surface area (Å²) in [4.78, 5) is 1.07. The highest BCUT2D eigenvalue weighted by molar-refractivity contribution is 7.10. The van der Waals surface area contributed by atoms with Crippen LogP contribution in [0.5, 0.6) is 0 Å². The van der Waals surface area contributed by atoms with Crippen molar-refractivity contribution in [2.45, 2.75) is 45.7 Å². The fourth-order valence-corrected chi connectivity index (χ4v) is 3.43. The second kappa shape index (κ2) is 6.72. The van der Waals surface area contributed by atoms with Crippen LogP contribution >= 0.6 is 22.9 Å². The maximum Gasteiger partial charge on any atom is 0.0644 e. The van der Waals surface area contributed by atoms with Crippen LogP contribution in [0.25, 0.3) is 0 Å². The third-order valence-electron chi connectivity index (χ3n) is 3.56. The number of thiophene rings is 1. The van der Waals surface area contributed by atoms with Crippen molar-refractivity contribution < 1.29 is 0 Å². The van der Waals surface area contributed by atoms with Gasteiger partial charge in [0.2, 0.25) is 0 Å². The Morgan fingerprint density at radius 1 is 1.55 bits per heavy atom. The second-order valence-electron chi connectivity index (χ2n) is 5.06. The van der Waals surface area contributed by atoms with E-state index in [4.69, 9.17) is 17.4 Å². The molecule has 0 fully saturated rings. The van der Waals surface area contributed by atoms with Crippen molar-refractivity contribution in [2.75, 3.05) is 0 Å². The molecule has 3 N–H and O–H groups in total. The average molecular weight is 313 g/mol. The van der Waals surface area contributed by atoms with Gasteiger partial charge in [0.25, 0.3) is 0 Å². The molecular formula is C14H21ClN4S. The SMILES string of the molecule is CCC(C)n1ccc(CC(NN)c2scc(C)c2Cl)n1. The molecule has 2 unspecified atom stereocenters. The van der Waals surface area contributed by atoms with Crippen molar-refractivity contribution in [2.24, 2.45) is 5.84 Å². The van der Waals surface area contributed by atoms with E-state index in [0.717, 1.165) is 34.0 Å². The molecule has 0 aliphatic heterocycles. The summed E-state index contributed by atoms with van der Waals surface area (Å²) in [5.74, 6) is 5.69. The molecule has 0 spiro atoms. The van der Waals surface area contributed by atoms with Crippen LogP contribution in [0.1, 0.15) is 48.5 Å². The molecule has 0 saturated carbocycles. The lowest BCUT2D eigenvalue weighted by molar-refractivity contribution is 0.467. The summed E-state index contributed by atoms with van der Waals surface area (Å²) in [6.45, 7) is 6.33. The van der Waals surface area contributed by atoms with E-state index in [1.807, 2.05) is 23.9 Å². The van der Waals surface area contributed by atoms with Gasteiger partial charge in [0.05, 0.1) is 16.8 Å². The first-order valence-electron chi connectivity index (χ1n) is 6.80. The highest BCUT2D eigenvalue weighted by Crippen LogP contribution is 2.33. The molecule has 0 radical (unpaired) electrons. The number of aromatic nitrogens is 2. The fraction of sp³-hybridized carbons (Fsp3) is 0.500. The quantitative estimate of drug-likeness (QED) is 0.632. The Kier molecular flexibility index (Phi) is 5.21. The van der Waals surface area contributed by atoms with Crippen molar-refractivity contribution >= 4 is 22.9 Å². The maximum absolute atomic E-state index is 6.32. The lowest BCUT2D eigenvalue weighted by Crippen LogP contribution is -2.29. The molecule has 2 heterocycles. The van der Waals surface area contributed by atoms with E-state index in [-0.39, 0.29) is 6.04 Å². The number of hydrazine groups is 1. The molecule has 2 rings (SSSR count). The van der Waals surface area contributed by atoms with E-state index in [1.165, 1.54) is 0 Å². The predicted octanol–water partition coefficient (Wildman–Crippen LogP) is 3.62. The molecule has 2 aromatic rings. The van der Waals surface area contributed by atoms with Gasteiger partial charge in [-0.25, -0.2) is 0 Å².